The van der Waals surface area contributed by atoms with E-state index in [4.69, 9.17) is 5.73 Å². The quantitative estimate of drug-likeness (QED) is 0.290. The lowest BCUT2D eigenvalue weighted by Crippen LogP contribution is -2.58. The number of imidazole rings is 1. The molecule has 2 rings (SSSR count). The number of carboxylic acids is 1. The number of nitrogens with one attached hydrogen (secondary N) is 3. The minimum atomic E-state index is -1.11. The first-order valence-corrected chi connectivity index (χ1v) is 11.9. The number of aliphatic carboxylic acids is 1. The molecule has 0 radical (unpaired) electrons. The van der Waals surface area contributed by atoms with E-state index in [1.54, 1.807) is 6.20 Å². The first-order chi connectivity index (χ1) is 16.0. The van der Waals surface area contributed by atoms with Crippen molar-refractivity contribution < 1.29 is 24.3 Å². The summed E-state index contributed by atoms with van der Waals surface area (Å²) in [6.07, 6.45) is 5.23. The van der Waals surface area contributed by atoms with E-state index in [-0.39, 0.29) is 24.7 Å². The molecular formula is C23H38N6O5. The van der Waals surface area contributed by atoms with Crippen LogP contribution in [0.25, 0.3) is 0 Å². The van der Waals surface area contributed by atoms with Crippen molar-refractivity contribution in [3.8, 4) is 0 Å². The van der Waals surface area contributed by atoms with Gasteiger partial charge in [-0.25, -0.2) is 9.78 Å². The Labute approximate surface area is 200 Å². The number of carbonyl (C=O) groups excluding carboxylic acids is 3. The van der Waals surface area contributed by atoms with Crippen molar-refractivity contribution in [3.63, 3.8) is 0 Å². The van der Waals surface area contributed by atoms with Gasteiger partial charge in [0.05, 0.1) is 12.4 Å². The Hall–Kier alpha value is -2.95. The summed E-state index contributed by atoms with van der Waals surface area (Å²) in [6.45, 7) is 7.89. The zero-order valence-electron chi connectivity index (χ0n) is 20.4. The first kappa shape index (κ1) is 27.3. The highest BCUT2D eigenvalue weighted by molar-refractivity contribution is 5.94. The molecule has 5 unspecified atom stereocenters. The van der Waals surface area contributed by atoms with Gasteiger partial charge in [0.25, 0.3) is 0 Å². The highest BCUT2D eigenvalue weighted by Crippen LogP contribution is 2.20. The van der Waals surface area contributed by atoms with Crippen molar-refractivity contribution in [1.29, 1.82) is 0 Å². The number of aromatic amines is 1. The molecule has 5 atom stereocenters. The third-order valence-electron chi connectivity index (χ3n) is 6.31. The van der Waals surface area contributed by atoms with Crippen molar-refractivity contribution in [3.05, 3.63) is 18.2 Å². The lowest BCUT2D eigenvalue weighted by molar-refractivity contribution is -0.145. The predicted molar refractivity (Wildman–Crippen MR) is 125 cm³/mol. The fraction of sp³-hybridized carbons (Fsp3) is 0.696. The van der Waals surface area contributed by atoms with E-state index in [2.05, 4.69) is 20.6 Å². The fourth-order valence-corrected chi connectivity index (χ4v) is 4.06. The monoisotopic (exact) mass is 478 g/mol. The maximum absolute atomic E-state index is 13.5. The second-order valence-electron chi connectivity index (χ2n) is 9.47. The molecule has 11 nitrogen and oxygen atoms in total. The molecular weight excluding hydrogens is 440 g/mol. The van der Waals surface area contributed by atoms with E-state index < -0.39 is 47.9 Å². The molecule has 0 spiro atoms. The Morgan fingerprint density at radius 3 is 2.50 bits per heavy atom. The van der Waals surface area contributed by atoms with Crippen molar-refractivity contribution in [2.75, 3.05) is 6.54 Å². The number of H-pyrrole nitrogens is 1. The number of hydrogen-bond acceptors (Lipinski definition) is 6. The number of nitrogens with two attached hydrogens (primary N) is 1. The molecule has 1 aromatic heterocycles. The molecule has 3 amide bonds. The summed E-state index contributed by atoms with van der Waals surface area (Å²) in [5.41, 5.74) is 6.72. The van der Waals surface area contributed by atoms with E-state index in [0.717, 1.165) is 0 Å². The molecule has 1 fully saturated rings. The highest BCUT2D eigenvalue weighted by atomic mass is 16.4. The molecule has 190 valence electrons. The Kier molecular flexibility index (Phi) is 10.0. The fourth-order valence-electron chi connectivity index (χ4n) is 4.06. The summed E-state index contributed by atoms with van der Waals surface area (Å²) >= 11 is 0. The largest absolute Gasteiger partial charge is 0.480 e. The lowest BCUT2D eigenvalue weighted by atomic mass is 9.98. The molecule has 2 heterocycles. The minimum Gasteiger partial charge on any atom is -0.480 e. The first-order valence-electron chi connectivity index (χ1n) is 11.9. The van der Waals surface area contributed by atoms with Crippen molar-refractivity contribution in [1.82, 2.24) is 25.5 Å². The Morgan fingerprint density at radius 1 is 1.24 bits per heavy atom. The van der Waals surface area contributed by atoms with Gasteiger partial charge in [-0.1, -0.05) is 34.1 Å². The van der Waals surface area contributed by atoms with Gasteiger partial charge in [0.15, 0.2) is 0 Å². The summed E-state index contributed by atoms with van der Waals surface area (Å²) in [5.74, 6) is -2.44. The number of rotatable bonds is 12. The second-order valence-corrected chi connectivity index (χ2v) is 9.47. The van der Waals surface area contributed by atoms with Gasteiger partial charge in [0.1, 0.15) is 18.1 Å². The van der Waals surface area contributed by atoms with E-state index in [0.29, 0.717) is 31.5 Å². The van der Waals surface area contributed by atoms with E-state index in [1.807, 2.05) is 27.7 Å². The molecule has 1 aliphatic heterocycles. The molecule has 11 heteroatoms. The van der Waals surface area contributed by atoms with Crippen LogP contribution in [0.3, 0.4) is 0 Å². The zero-order valence-corrected chi connectivity index (χ0v) is 20.4. The molecule has 6 N–H and O–H groups in total. The van der Waals surface area contributed by atoms with E-state index in [9.17, 15) is 24.3 Å². The average Bonchev–Trinajstić information content (AvgIpc) is 3.48. The van der Waals surface area contributed by atoms with Gasteiger partial charge < -0.3 is 31.4 Å². The normalized spacial score (nSPS) is 19.4. The Bertz CT molecular complexity index is 843. The van der Waals surface area contributed by atoms with Crippen LogP contribution in [0.1, 0.15) is 59.1 Å². The van der Waals surface area contributed by atoms with Crippen LogP contribution in [-0.4, -0.2) is 74.4 Å². The summed E-state index contributed by atoms with van der Waals surface area (Å²) in [7, 11) is 0. The van der Waals surface area contributed by atoms with Gasteiger partial charge in [-0.05, 0) is 31.1 Å². The number of carboxylic acid groups (broad SMARTS) is 1. The van der Waals surface area contributed by atoms with Gasteiger partial charge in [-0.2, -0.15) is 0 Å². The highest BCUT2D eigenvalue weighted by Gasteiger charge is 2.39. The average molecular weight is 479 g/mol. The van der Waals surface area contributed by atoms with Crippen LogP contribution in [0.4, 0.5) is 0 Å². The van der Waals surface area contributed by atoms with Crippen LogP contribution in [0.5, 0.6) is 0 Å². The number of carbonyl (C=O) groups is 4. The molecule has 1 saturated heterocycles. The summed E-state index contributed by atoms with van der Waals surface area (Å²) in [6, 6.07) is -3.54. The van der Waals surface area contributed by atoms with Crippen LogP contribution in [-0.2, 0) is 25.6 Å². The van der Waals surface area contributed by atoms with Crippen molar-refractivity contribution in [2.45, 2.75) is 84.0 Å². The molecule has 34 heavy (non-hydrogen) atoms. The SMILES string of the molecule is CCC(C)C(N)C(=O)NC(Cc1cnc[nH]1)C(=O)N1CCCC1C(=O)NC(CC(C)C)C(=O)O. The maximum atomic E-state index is 13.5. The number of hydrogen-bond donors (Lipinski definition) is 5. The zero-order chi connectivity index (χ0) is 25.4. The van der Waals surface area contributed by atoms with Crippen LogP contribution in [0.2, 0.25) is 0 Å². The molecule has 0 saturated carbocycles. The van der Waals surface area contributed by atoms with Crippen LogP contribution >= 0.6 is 0 Å². The van der Waals surface area contributed by atoms with Crippen LogP contribution < -0.4 is 16.4 Å². The second kappa shape index (κ2) is 12.5. The van der Waals surface area contributed by atoms with Gasteiger partial charge in [0.2, 0.25) is 17.7 Å². The molecule has 0 bridgehead atoms. The number of nitrogens with zero attached hydrogens (tertiary/aromatic N) is 2. The Morgan fingerprint density at radius 2 is 1.94 bits per heavy atom. The van der Waals surface area contributed by atoms with E-state index >= 15 is 0 Å². The third kappa shape index (κ3) is 7.28. The van der Waals surface area contributed by atoms with Crippen molar-refractivity contribution in [2.24, 2.45) is 17.6 Å². The maximum Gasteiger partial charge on any atom is 0.326 e. The van der Waals surface area contributed by atoms with Crippen LogP contribution in [0, 0.1) is 11.8 Å². The topological polar surface area (TPSA) is 171 Å². The smallest absolute Gasteiger partial charge is 0.326 e. The number of aromatic nitrogens is 2. The lowest BCUT2D eigenvalue weighted by Gasteiger charge is -2.30. The van der Waals surface area contributed by atoms with E-state index in [1.165, 1.54) is 11.2 Å². The van der Waals surface area contributed by atoms with Crippen LogP contribution in [0.15, 0.2) is 12.5 Å². The third-order valence-corrected chi connectivity index (χ3v) is 6.31. The van der Waals surface area contributed by atoms with Gasteiger partial charge >= 0.3 is 5.97 Å². The summed E-state index contributed by atoms with van der Waals surface area (Å²) in [5, 5.41) is 14.8. The number of likely N-dealkylation sites (tertiary alicyclic amines) is 1. The van der Waals surface area contributed by atoms with Gasteiger partial charge in [0, 0.05) is 24.9 Å². The van der Waals surface area contributed by atoms with Gasteiger partial charge in [-0.3, -0.25) is 14.4 Å². The molecule has 1 aromatic rings. The van der Waals surface area contributed by atoms with Crippen molar-refractivity contribution >= 4 is 23.7 Å². The molecule has 1 aliphatic rings. The predicted octanol–water partition coefficient (Wildman–Crippen LogP) is 0.417. The summed E-state index contributed by atoms with van der Waals surface area (Å²) < 4.78 is 0. The number of amides is 3. The molecule has 0 aliphatic carbocycles. The standard InChI is InChI=1S/C23H38N6O5/c1-5-14(4)19(24)21(31)27-16(10-15-11-25-12-26-15)22(32)29-8-6-7-18(29)20(30)28-17(23(33)34)9-13(2)3/h11-14,16-19H,5-10,24H2,1-4H3,(H,25,26)(H,27,31)(H,28,30)(H,33,34). The summed E-state index contributed by atoms with van der Waals surface area (Å²) in [4.78, 5) is 59.2. The molecule has 0 aromatic carbocycles. The minimum absolute atomic E-state index is 0.0675. The van der Waals surface area contributed by atoms with Gasteiger partial charge in [-0.15, -0.1) is 0 Å². The Balaban J connectivity index is 2.18.